The second-order valence-electron chi connectivity index (χ2n) is 17.1. The van der Waals surface area contributed by atoms with Crippen LogP contribution in [0.4, 0.5) is 11.4 Å². The van der Waals surface area contributed by atoms with Gasteiger partial charge in [-0.1, -0.05) is 57.9 Å². The number of anilines is 2. The molecule has 4 aliphatic carbocycles. The molecule has 0 aliphatic heterocycles. The number of fused-ring (bicyclic) bond motifs is 5. The van der Waals surface area contributed by atoms with Crippen molar-refractivity contribution in [2.45, 2.75) is 140 Å². The van der Waals surface area contributed by atoms with Crippen LogP contribution in [0, 0.1) is 51.8 Å². The number of carbonyl (C=O) groups is 1. The minimum atomic E-state index is -0.293. The van der Waals surface area contributed by atoms with Crippen molar-refractivity contribution in [2.24, 2.45) is 51.8 Å². The van der Waals surface area contributed by atoms with Gasteiger partial charge in [-0.3, -0.25) is 0 Å². The highest BCUT2D eigenvalue weighted by Crippen LogP contribution is 2.70. The summed E-state index contributed by atoms with van der Waals surface area (Å²) in [6.45, 7) is 23.2. The smallest absolute Gasteiger partial charge is 0.338 e. The number of carbonyl (C=O) groups excluding carboxylic acids is 1. The van der Waals surface area contributed by atoms with Crippen LogP contribution in [0.1, 0.15) is 144 Å². The lowest BCUT2D eigenvalue weighted by molar-refractivity contribution is -0.180. The molecule has 4 N–H and O–H groups in total. The molecule has 4 aliphatic rings. The molecule has 0 amide bonds. The molecule has 1 aromatic rings. The number of benzene rings is 1. The topological polar surface area (TPSA) is 78.3 Å². The molecule has 9 atom stereocenters. The van der Waals surface area contributed by atoms with Gasteiger partial charge < -0.3 is 16.2 Å². The maximum absolute atomic E-state index is 13.2. The summed E-state index contributed by atoms with van der Waals surface area (Å²) in [6.07, 6.45) is 17.4. The van der Waals surface area contributed by atoms with Crippen molar-refractivity contribution in [3.05, 3.63) is 47.1 Å². The van der Waals surface area contributed by atoms with E-state index in [1.165, 1.54) is 62.5 Å². The van der Waals surface area contributed by atoms with E-state index in [1.807, 2.05) is 6.92 Å². The molecule has 45 heavy (non-hydrogen) atoms. The second-order valence-corrected chi connectivity index (χ2v) is 17.1. The highest BCUT2D eigenvalue weighted by molar-refractivity contribution is 5.91. The van der Waals surface area contributed by atoms with Crippen molar-refractivity contribution in [2.75, 3.05) is 11.5 Å². The lowest BCUT2D eigenvalue weighted by Crippen LogP contribution is -2.59. The van der Waals surface area contributed by atoms with Gasteiger partial charge in [-0.15, -0.1) is 0 Å². The predicted molar refractivity (Wildman–Crippen MR) is 192 cm³/mol. The third-order valence-corrected chi connectivity index (χ3v) is 13.5. The minimum absolute atomic E-state index is 0.0576. The fourth-order valence-corrected chi connectivity index (χ4v) is 11.1. The molecule has 252 valence electrons. The van der Waals surface area contributed by atoms with E-state index in [4.69, 9.17) is 16.2 Å². The van der Waals surface area contributed by atoms with Crippen LogP contribution in [-0.4, -0.2) is 12.1 Å². The first-order valence-electron chi connectivity index (χ1n) is 18.1. The zero-order chi connectivity index (χ0) is 33.3. The summed E-state index contributed by atoms with van der Waals surface area (Å²) < 4.78 is 6.25. The number of esters is 1. The van der Waals surface area contributed by atoms with Crippen LogP contribution in [0.5, 0.6) is 0 Å². The van der Waals surface area contributed by atoms with E-state index in [0.717, 1.165) is 42.4 Å². The number of rotatable bonds is 6. The van der Waals surface area contributed by atoms with Crippen molar-refractivity contribution >= 4 is 17.3 Å². The van der Waals surface area contributed by atoms with Crippen LogP contribution >= 0.6 is 0 Å². The molecule has 0 radical (unpaired) electrons. The van der Waals surface area contributed by atoms with E-state index in [-0.39, 0.29) is 17.5 Å². The van der Waals surface area contributed by atoms with Gasteiger partial charge in [0.25, 0.3) is 0 Å². The molecule has 1 aromatic carbocycles. The Morgan fingerprint density at radius 1 is 0.867 bits per heavy atom. The molecular weight excluding hydrogens is 552 g/mol. The van der Waals surface area contributed by atoms with E-state index in [9.17, 15) is 4.79 Å². The second kappa shape index (κ2) is 13.9. The highest BCUT2D eigenvalue weighted by Gasteiger charge is 2.63. The average molecular weight is 619 g/mol. The molecule has 5 rings (SSSR count). The Bertz CT molecular complexity index is 1230. The normalized spacial score (nSPS) is 35.3. The van der Waals surface area contributed by atoms with Gasteiger partial charge in [0.05, 0.1) is 5.56 Å². The molecule has 4 saturated carbocycles. The van der Waals surface area contributed by atoms with Crippen molar-refractivity contribution in [1.29, 1.82) is 0 Å². The number of nitrogen functional groups attached to an aromatic ring is 2. The first-order valence-corrected chi connectivity index (χ1v) is 18.1. The zero-order valence-corrected chi connectivity index (χ0v) is 30.5. The van der Waals surface area contributed by atoms with E-state index >= 15 is 0 Å². The monoisotopic (exact) mass is 619 g/mol. The van der Waals surface area contributed by atoms with Gasteiger partial charge >= 0.3 is 5.97 Å². The van der Waals surface area contributed by atoms with Crippen molar-refractivity contribution in [1.82, 2.24) is 0 Å². The average Bonchev–Trinajstić information content (AvgIpc) is 3.31. The Morgan fingerprint density at radius 2 is 1.47 bits per heavy atom. The van der Waals surface area contributed by atoms with Gasteiger partial charge in [-0.2, -0.15) is 0 Å². The van der Waals surface area contributed by atoms with Gasteiger partial charge in [0.1, 0.15) is 6.10 Å². The number of nitrogens with two attached hydrogens (primary N) is 2. The summed E-state index contributed by atoms with van der Waals surface area (Å²) in [5.74, 6) is 4.51. The molecule has 0 spiro atoms. The van der Waals surface area contributed by atoms with Gasteiger partial charge in [0.15, 0.2) is 0 Å². The molecule has 0 saturated heterocycles. The standard InChI is InChI=1S/C36H56N2O2.C5H10/c1-22(2)9-8-10-23(3)28-12-13-29-27-11-14-31-34(4,5)32(40-33(39)24-19-25(37)21-26(38)20-24)16-18-36(31,7)30(27)15-17-35(28,29)6;1-4-5(2)3/h9,19-21,23,27-32H,8,10-18,37-38H2,1-7H3;4H,1-3H3. The summed E-state index contributed by atoms with van der Waals surface area (Å²) in [6, 6.07) is 5.04. The Kier molecular flexibility index (Phi) is 11.0. The molecule has 4 nitrogen and oxygen atoms in total. The summed E-state index contributed by atoms with van der Waals surface area (Å²) >= 11 is 0. The maximum Gasteiger partial charge on any atom is 0.338 e. The molecule has 0 heterocycles. The first kappa shape index (κ1) is 35.6. The van der Waals surface area contributed by atoms with Crippen LogP contribution in [0.25, 0.3) is 0 Å². The Balaban J connectivity index is 0.000000854. The van der Waals surface area contributed by atoms with Crippen LogP contribution in [-0.2, 0) is 4.74 Å². The largest absolute Gasteiger partial charge is 0.458 e. The Hall–Kier alpha value is -2.23. The van der Waals surface area contributed by atoms with Crippen molar-refractivity contribution in [3.8, 4) is 0 Å². The third-order valence-electron chi connectivity index (χ3n) is 13.5. The third kappa shape index (κ3) is 7.20. The van der Waals surface area contributed by atoms with Crippen LogP contribution < -0.4 is 11.5 Å². The number of allylic oxidation sites excluding steroid dienone is 4. The molecule has 0 aromatic heterocycles. The lowest BCUT2D eigenvalue weighted by Gasteiger charge is -2.65. The quantitative estimate of drug-likeness (QED) is 0.189. The number of hydrogen-bond acceptors (Lipinski definition) is 4. The summed E-state index contributed by atoms with van der Waals surface area (Å²) in [7, 11) is 0. The molecule has 4 fully saturated rings. The lowest BCUT2D eigenvalue weighted by atomic mass is 9.41. The summed E-state index contributed by atoms with van der Waals surface area (Å²) in [5.41, 5.74) is 17.0. The molecule has 0 bridgehead atoms. The SMILES string of the molecule is CC(C)=CCCC(C)C1CCC2C3CCC4C(C)(C)C(OC(=O)c5cc(N)cc(N)c5)CCC4(C)C3CCC12C.CC=C(C)C. The van der Waals surface area contributed by atoms with Crippen LogP contribution in [0.3, 0.4) is 0 Å². The van der Waals surface area contributed by atoms with E-state index < -0.39 is 0 Å². The Morgan fingerprint density at radius 3 is 2.07 bits per heavy atom. The van der Waals surface area contributed by atoms with Gasteiger partial charge in [-0.25, -0.2) is 4.79 Å². The molecule has 9 unspecified atom stereocenters. The van der Waals surface area contributed by atoms with Gasteiger partial charge in [-0.05, 0) is 163 Å². The fourth-order valence-electron chi connectivity index (χ4n) is 11.1. The maximum atomic E-state index is 13.2. The molecular formula is C41H66N2O2. The first-order chi connectivity index (χ1) is 21.0. The van der Waals surface area contributed by atoms with E-state index in [0.29, 0.717) is 33.7 Å². The summed E-state index contributed by atoms with van der Waals surface area (Å²) in [5, 5.41) is 0. The Labute approximate surface area is 276 Å². The highest BCUT2D eigenvalue weighted by atomic mass is 16.5. The van der Waals surface area contributed by atoms with Crippen molar-refractivity contribution in [3.63, 3.8) is 0 Å². The molecule has 4 heteroatoms. The number of hydrogen-bond donors (Lipinski definition) is 2. The van der Waals surface area contributed by atoms with Crippen LogP contribution in [0.2, 0.25) is 0 Å². The van der Waals surface area contributed by atoms with Crippen molar-refractivity contribution < 1.29 is 9.53 Å². The van der Waals surface area contributed by atoms with Crippen LogP contribution in [0.15, 0.2) is 41.5 Å². The minimum Gasteiger partial charge on any atom is -0.458 e. The zero-order valence-electron chi connectivity index (χ0n) is 30.5. The predicted octanol–water partition coefficient (Wildman–Crippen LogP) is 11.0. The summed E-state index contributed by atoms with van der Waals surface area (Å²) in [4.78, 5) is 13.2. The van der Waals surface area contributed by atoms with Gasteiger partial charge in [0, 0.05) is 16.8 Å². The fraction of sp³-hybridized carbons (Fsp3) is 0.732. The van der Waals surface area contributed by atoms with E-state index in [2.05, 4.69) is 74.5 Å². The van der Waals surface area contributed by atoms with E-state index in [1.54, 1.807) is 18.2 Å². The number of ether oxygens (including phenoxy) is 1. The van der Waals surface area contributed by atoms with Gasteiger partial charge in [0.2, 0.25) is 0 Å².